The molecule has 0 aliphatic rings. The van der Waals surface area contributed by atoms with Crippen LogP contribution in [-0.2, 0) is 0 Å². The topological polar surface area (TPSA) is 42.9 Å². The summed E-state index contributed by atoms with van der Waals surface area (Å²) in [4.78, 5) is 21.2. The van der Waals surface area contributed by atoms with Crippen molar-refractivity contribution in [1.29, 1.82) is 0 Å². The minimum Gasteiger partial charge on any atom is -0.294 e. The van der Waals surface area contributed by atoms with E-state index in [1.54, 1.807) is 19.3 Å². The van der Waals surface area contributed by atoms with Crippen LogP contribution in [0.2, 0.25) is 0 Å². The standard InChI is InChI=1S/C38H24N2O/c1-23(41)28-19-20-32(31-6-3-2-5-30(28)31)33-16-12-26-13-17-34-29(15-11-25-14-18-35(33)37(26)36(25)34)24-7-9-27(10-8-24)38-39-21-4-22-40-38/h2-22H,1H3. The molecule has 0 N–H and O–H groups in total. The maximum Gasteiger partial charge on any atom is 0.160 e. The van der Waals surface area contributed by atoms with Crippen molar-refractivity contribution < 1.29 is 4.79 Å². The monoisotopic (exact) mass is 524 g/mol. The van der Waals surface area contributed by atoms with Crippen LogP contribution in [0.15, 0.2) is 128 Å². The Labute approximate surface area is 237 Å². The zero-order valence-corrected chi connectivity index (χ0v) is 22.4. The Morgan fingerprint density at radius 2 is 1.02 bits per heavy atom. The van der Waals surface area contributed by atoms with Crippen molar-refractivity contribution in [3.05, 3.63) is 133 Å². The predicted octanol–water partition coefficient (Wildman–Crippen LogP) is 9.73. The lowest BCUT2D eigenvalue weighted by atomic mass is 9.86. The van der Waals surface area contributed by atoms with Crippen LogP contribution in [0.3, 0.4) is 0 Å². The highest BCUT2D eigenvalue weighted by Gasteiger charge is 2.17. The maximum atomic E-state index is 12.4. The molecule has 41 heavy (non-hydrogen) atoms. The average Bonchev–Trinajstić information content (AvgIpc) is 3.03. The molecule has 192 valence electrons. The molecule has 0 radical (unpaired) electrons. The van der Waals surface area contributed by atoms with Crippen molar-refractivity contribution >= 4 is 48.9 Å². The van der Waals surface area contributed by atoms with E-state index in [0.717, 1.165) is 38.9 Å². The fourth-order valence-corrected chi connectivity index (χ4v) is 6.38. The van der Waals surface area contributed by atoms with Crippen molar-refractivity contribution in [2.75, 3.05) is 0 Å². The third-order valence-electron chi connectivity index (χ3n) is 8.28. The zero-order chi connectivity index (χ0) is 27.5. The summed E-state index contributed by atoms with van der Waals surface area (Å²) in [7, 11) is 0. The van der Waals surface area contributed by atoms with E-state index < -0.39 is 0 Å². The number of nitrogens with zero attached hydrogens (tertiary/aromatic N) is 2. The number of aromatic nitrogens is 2. The van der Waals surface area contributed by atoms with Crippen LogP contribution < -0.4 is 0 Å². The Hall–Kier alpha value is -5.41. The van der Waals surface area contributed by atoms with E-state index in [2.05, 4.69) is 94.9 Å². The molecule has 0 atom stereocenters. The van der Waals surface area contributed by atoms with Gasteiger partial charge in [-0.05, 0) is 78.3 Å². The summed E-state index contributed by atoms with van der Waals surface area (Å²) in [6, 6.07) is 40.5. The first-order valence-electron chi connectivity index (χ1n) is 13.8. The number of rotatable bonds is 4. The van der Waals surface area contributed by atoms with Gasteiger partial charge in [0.1, 0.15) is 0 Å². The second kappa shape index (κ2) is 9.07. The number of fused-ring (bicyclic) bond motifs is 1. The van der Waals surface area contributed by atoms with Gasteiger partial charge in [-0.2, -0.15) is 0 Å². The molecule has 0 fully saturated rings. The van der Waals surface area contributed by atoms with Gasteiger partial charge in [0.2, 0.25) is 0 Å². The van der Waals surface area contributed by atoms with Crippen molar-refractivity contribution in [1.82, 2.24) is 9.97 Å². The van der Waals surface area contributed by atoms with E-state index in [0.29, 0.717) is 0 Å². The summed E-state index contributed by atoms with van der Waals surface area (Å²) in [6.07, 6.45) is 3.54. The van der Waals surface area contributed by atoms with E-state index >= 15 is 0 Å². The van der Waals surface area contributed by atoms with Gasteiger partial charge in [-0.3, -0.25) is 4.79 Å². The molecule has 0 amide bonds. The minimum absolute atomic E-state index is 0.0833. The lowest BCUT2D eigenvalue weighted by Gasteiger charge is -2.18. The second-order valence-corrected chi connectivity index (χ2v) is 10.6. The quantitative estimate of drug-likeness (QED) is 0.170. The van der Waals surface area contributed by atoms with E-state index in [1.165, 1.54) is 43.4 Å². The molecule has 7 aromatic carbocycles. The molecule has 8 aromatic rings. The van der Waals surface area contributed by atoms with Crippen molar-refractivity contribution in [2.24, 2.45) is 0 Å². The number of benzene rings is 7. The first-order valence-corrected chi connectivity index (χ1v) is 13.8. The SMILES string of the molecule is CC(=O)c1ccc(-c2ccc3ccc4c(-c5ccc(-c6ncccn6)cc5)ccc5ccc2c3c54)c2ccccc12. The van der Waals surface area contributed by atoms with Gasteiger partial charge in [-0.1, -0.05) is 109 Å². The van der Waals surface area contributed by atoms with E-state index in [4.69, 9.17) is 0 Å². The molecule has 0 bridgehead atoms. The van der Waals surface area contributed by atoms with Crippen molar-refractivity contribution in [2.45, 2.75) is 6.92 Å². The summed E-state index contributed by atoms with van der Waals surface area (Å²) < 4.78 is 0. The number of carbonyl (C=O) groups excluding carboxylic acids is 1. The molecule has 1 heterocycles. The lowest BCUT2D eigenvalue weighted by Crippen LogP contribution is -1.95. The molecule has 1 aromatic heterocycles. The summed E-state index contributed by atoms with van der Waals surface area (Å²) in [5.74, 6) is 0.811. The van der Waals surface area contributed by atoms with Gasteiger partial charge in [0, 0.05) is 23.5 Å². The molecule has 3 heteroatoms. The lowest BCUT2D eigenvalue weighted by molar-refractivity contribution is 0.101. The molecule has 0 spiro atoms. The first-order chi connectivity index (χ1) is 20.2. The van der Waals surface area contributed by atoms with Gasteiger partial charge in [-0.15, -0.1) is 0 Å². The Bertz CT molecular complexity index is 2270. The van der Waals surface area contributed by atoms with Crippen molar-refractivity contribution in [3.8, 4) is 33.6 Å². The van der Waals surface area contributed by atoms with Crippen LogP contribution in [0.4, 0.5) is 0 Å². The fraction of sp³-hybridized carbons (Fsp3) is 0.0263. The third kappa shape index (κ3) is 3.63. The number of carbonyl (C=O) groups is 1. The molecule has 0 aliphatic heterocycles. The molecule has 3 nitrogen and oxygen atoms in total. The van der Waals surface area contributed by atoms with E-state index in [-0.39, 0.29) is 5.78 Å². The van der Waals surface area contributed by atoms with Crippen LogP contribution >= 0.6 is 0 Å². The van der Waals surface area contributed by atoms with Crippen molar-refractivity contribution in [3.63, 3.8) is 0 Å². The molecular formula is C38H24N2O. The number of hydrogen-bond acceptors (Lipinski definition) is 3. The van der Waals surface area contributed by atoms with Gasteiger partial charge in [0.25, 0.3) is 0 Å². The summed E-state index contributed by atoms with van der Waals surface area (Å²) in [5.41, 5.74) is 6.44. The average molecular weight is 525 g/mol. The van der Waals surface area contributed by atoms with Crippen LogP contribution in [-0.4, -0.2) is 15.8 Å². The van der Waals surface area contributed by atoms with Gasteiger partial charge >= 0.3 is 0 Å². The van der Waals surface area contributed by atoms with Crippen LogP contribution in [0.5, 0.6) is 0 Å². The Morgan fingerprint density at radius 3 is 1.71 bits per heavy atom. The summed E-state index contributed by atoms with van der Waals surface area (Å²) in [6.45, 7) is 1.64. The van der Waals surface area contributed by atoms with Gasteiger partial charge in [0.05, 0.1) is 0 Å². The second-order valence-electron chi connectivity index (χ2n) is 10.6. The minimum atomic E-state index is 0.0833. The first kappa shape index (κ1) is 23.5. The Morgan fingerprint density at radius 1 is 0.488 bits per heavy atom. The maximum absolute atomic E-state index is 12.4. The third-order valence-corrected chi connectivity index (χ3v) is 8.28. The molecular weight excluding hydrogens is 500 g/mol. The highest BCUT2D eigenvalue weighted by atomic mass is 16.1. The molecule has 0 saturated carbocycles. The molecule has 0 aliphatic carbocycles. The fourth-order valence-electron chi connectivity index (χ4n) is 6.38. The van der Waals surface area contributed by atoms with Crippen LogP contribution in [0.1, 0.15) is 17.3 Å². The smallest absolute Gasteiger partial charge is 0.160 e. The molecule has 0 saturated heterocycles. The Kier molecular flexibility index (Phi) is 5.19. The number of hydrogen-bond donors (Lipinski definition) is 0. The normalized spacial score (nSPS) is 11.6. The number of Topliss-reactive ketones (excluding diaryl/α,β-unsaturated/α-hetero) is 1. The zero-order valence-electron chi connectivity index (χ0n) is 22.4. The summed E-state index contributed by atoms with van der Waals surface area (Å²) in [5, 5.41) is 9.54. The predicted molar refractivity (Wildman–Crippen MR) is 170 cm³/mol. The largest absolute Gasteiger partial charge is 0.294 e. The molecule has 0 unspecified atom stereocenters. The Balaban J connectivity index is 1.35. The van der Waals surface area contributed by atoms with Crippen LogP contribution in [0, 0.1) is 0 Å². The highest BCUT2D eigenvalue weighted by Crippen LogP contribution is 2.43. The van der Waals surface area contributed by atoms with E-state index in [1.807, 2.05) is 30.3 Å². The van der Waals surface area contributed by atoms with Gasteiger partial charge in [-0.25, -0.2) is 9.97 Å². The van der Waals surface area contributed by atoms with Gasteiger partial charge < -0.3 is 0 Å². The van der Waals surface area contributed by atoms with Gasteiger partial charge in [0.15, 0.2) is 11.6 Å². The summed E-state index contributed by atoms with van der Waals surface area (Å²) >= 11 is 0. The van der Waals surface area contributed by atoms with Crippen LogP contribution in [0.25, 0.3) is 76.7 Å². The highest BCUT2D eigenvalue weighted by molar-refractivity contribution is 6.28. The van der Waals surface area contributed by atoms with E-state index in [9.17, 15) is 4.79 Å². The number of ketones is 1. The molecule has 8 rings (SSSR count).